The third-order valence-corrected chi connectivity index (χ3v) is 4.48. The fourth-order valence-electron chi connectivity index (χ4n) is 3.17. The Hall–Kier alpha value is -1.09. The van der Waals surface area contributed by atoms with Gasteiger partial charge in [0.25, 0.3) is 0 Å². The topological polar surface area (TPSA) is 15.3 Å². The fourth-order valence-corrected chi connectivity index (χ4v) is 3.17. The molecule has 0 bridgehead atoms. The van der Waals surface area contributed by atoms with Crippen LogP contribution < -0.4 is 10.2 Å². The molecule has 2 atom stereocenters. The lowest BCUT2D eigenvalue weighted by Gasteiger charge is -2.26. The Bertz CT molecular complexity index is 445. The van der Waals surface area contributed by atoms with Crippen molar-refractivity contribution in [2.45, 2.75) is 40.2 Å². The number of rotatable bonds is 5. The average Bonchev–Trinajstić information content (AvgIpc) is 2.88. The van der Waals surface area contributed by atoms with Crippen molar-refractivity contribution in [3.63, 3.8) is 0 Å². The van der Waals surface area contributed by atoms with E-state index in [0.717, 1.165) is 30.9 Å². The van der Waals surface area contributed by atoms with Crippen molar-refractivity contribution in [3.05, 3.63) is 29.6 Å². The fraction of sp³-hybridized carbons (Fsp3) is 0.647. The molecule has 1 fully saturated rings. The highest BCUT2D eigenvalue weighted by Gasteiger charge is 2.28. The molecule has 2 nitrogen and oxygen atoms in total. The van der Waals surface area contributed by atoms with E-state index in [9.17, 15) is 4.39 Å². The highest BCUT2D eigenvalue weighted by Crippen LogP contribution is 2.34. The van der Waals surface area contributed by atoms with E-state index >= 15 is 0 Å². The molecule has 1 heterocycles. The summed E-state index contributed by atoms with van der Waals surface area (Å²) >= 11 is 0. The van der Waals surface area contributed by atoms with Crippen molar-refractivity contribution < 1.29 is 4.39 Å². The van der Waals surface area contributed by atoms with Crippen LogP contribution in [0.1, 0.15) is 45.7 Å². The van der Waals surface area contributed by atoms with Gasteiger partial charge in [-0.1, -0.05) is 32.9 Å². The molecule has 3 heteroatoms. The van der Waals surface area contributed by atoms with Gasteiger partial charge in [0, 0.05) is 19.1 Å². The third-order valence-electron chi connectivity index (χ3n) is 4.48. The first kappa shape index (κ1) is 15.3. The minimum atomic E-state index is -0.0864. The number of benzene rings is 1. The van der Waals surface area contributed by atoms with Crippen LogP contribution in [0, 0.1) is 17.7 Å². The second-order valence-electron chi connectivity index (χ2n) is 6.20. The van der Waals surface area contributed by atoms with Crippen molar-refractivity contribution in [1.29, 1.82) is 0 Å². The Kier molecular flexibility index (Phi) is 5.03. The smallest absolute Gasteiger partial charge is 0.146 e. The van der Waals surface area contributed by atoms with Gasteiger partial charge in [-0.25, -0.2) is 4.39 Å². The Morgan fingerprint density at radius 3 is 2.70 bits per heavy atom. The molecule has 0 saturated carbocycles. The molecule has 1 aliphatic heterocycles. The number of hydrogen-bond donors (Lipinski definition) is 1. The molecule has 2 unspecified atom stereocenters. The number of nitrogens with zero attached hydrogens (tertiary/aromatic N) is 1. The molecule has 0 aliphatic carbocycles. The van der Waals surface area contributed by atoms with E-state index in [2.05, 4.69) is 44.0 Å². The van der Waals surface area contributed by atoms with Crippen LogP contribution in [0.15, 0.2) is 18.2 Å². The summed E-state index contributed by atoms with van der Waals surface area (Å²) in [4.78, 5) is 2.24. The van der Waals surface area contributed by atoms with Gasteiger partial charge in [0.05, 0.1) is 5.69 Å². The number of halogens is 1. The first-order valence-corrected chi connectivity index (χ1v) is 7.81. The van der Waals surface area contributed by atoms with E-state index < -0.39 is 0 Å². The van der Waals surface area contributed by atoms with Crippen LogP contribution in [-0.2, 0) is 0 Å². The van der Waals surface area contributed by atoms with E-state index in [-0.39, 0.29) is 11.9 Å². The second kappa shape index (κ2) is 6.57. The quantitative estimate of drug-likeness (QED) is 0.876. The summed E-state index contributed by atoms with van der Waals surface area (Å²) in [5.41, 5.74) is 1.89. The molecule has 0 amide bonds. The molecule has 2 rings (SSSR count). The van der Waals surface area contributed by atoms with E-state index in [4.69, 9.17) is 0 Å². The van der Waals surface area contributed by atoms with Crippen LogP contribution in [0.3, 0.4) is 0 Å². The first-order valence-electron chi connectivity index (χ1n) is 7.81. The normalized spacial score (nSPS) is 20.7. The zero-order chi connectivity index (χ0) is 14.7. The van der Waals surface area contributed by atoms with Crippen molar-refractivity contribution in [3.8, 4) is 0 Å². The molecular weight excluding hydrogens is 251 g/mol. The summed E-state index contributed by atoms with van der Waals surface area (Å²) in [5.74, 6) is 1.26. The van der Waals surface area contributed by atoms with Crippen molar-refractivity contribution in [2.24, 2.45) is 11.8 Å². The van der Waals surface area contributed by atoms with E-state index in [1.807, 2.05) is 6.07 Å². The number of nitrogens with one attached hydrogen (secondary N) is 1. The van der Waals surface area contributed by atoms with Gasteiger partial charge in [-0.2, -0.15) is 0 Å². The molecule has 20 heavy (non-hydrogen) atoms. The predicted molar refractivity (Wildman–Crippen MR) is 83.6 cm³/mol. The molecule has 0 aromatic heterocycles. The van der Waals surface area contributed by atoms with Crippen LogP contribution in [0.5, 0.6) is 0 Å². The lowest BCUT2D eigenvalue weighted by Crippen LogP contribution is -2.26. The number of hydrogen-bond acceptors (Lipinski definition) is 2. The highest BCUT2D eigenvalue weighted by atomic mass is 19.1. The summed E-state index contributed by atoms with van der Waals surface area (Å²) in [7, 11) is 0. The van der Waals surface area contributed by atoms with Gasteiger partial charge in [0.1, 0.15) is 5.82 Å². The summed E-state index contributed by atoms with van der Waals surface area (Å²) in [6.45, 7) is 11.6. The largest absolute Gasteiger partial charge is 0.369 e. The van der Waals surface area contributed by atoms with Gasteiger partial charge in [0.15, 0.2) is 0 Å². The Morgan fingerprint density at radius 2 is 2.10 bits per heavy atom. The maximum atomic E-state index is 14.4. The lowest BCUT2D eigenvalue weighted by atomic mass is 9.95. The SMILES string of the molecule is CCNC(C)c1cccc(F)c1N1CCC(C(C)C)C1. The van der Waals surface area contributed by atoms with Crippen LogP contribution in [0.25, 0.3) is 0 Å². The standard InChI is InChI=1S/C17H27FN2/c1-5-19-13(4)15-7-6-8-16(18)17(15)20-10-9-14(11-20)12(2)3/h6-8,12-14,19H,5,9-11H2,1-4H3. The van der Waals surface area contributed by atoms with Crippen molar-refractivity contribution in [1.82, 2.24) is 5.32 Å². The van der Waals surface area contributed by atoms with Gasteiger partial charge >= 0.3 is 0 Å². The Labute approximate surface area is 122 Å². The van der Waals surface area contributed by atoms with Gasteiger partial charge in [-0.3, -0.25) is 0 Å². The van der Waals surface area contributed by atoms with Crippen LogP contribution in [0.2, 0.25) is 0 Å². The monoisotopic (exact) mass is 278 g/mol. The van der Waals surface area contributed by atoms with Gasteiger partial charge in [0.2, 0.25) is 0 Å². The molecule has 1 aromatic rings. The molecule has 0 spiro atoms. The molecule has 112 valence electrons. The van der Waals surface area contributed by atoms with Crippen molar-refractivity contribution >= 4 is 5.69 Å². The van der Waals surface area contributed by atoms with E-state index in [0.29, 0.717) is 11.8 Å². The van der Waals surface area contributed by atoms with Gasteiger partial charge in [-0.05, 0) is 43.4 Å². The summed E-state index contributed by atoms with van der Waals surface area (Å²) < 4.78 is 14.4. The number of anilines is 1. The molecular formula is C17H27FN2. The Balaban J connectivity index is 2.27. The van der Waals surface area contributed by atoms with Crippen LogP contribution in [0.4, 0.5) is 10.1 Å². The Morgan fingerprint density at radius 1 is 1.35 bits per heavy atom. The number of para-hydroxylation sites is 1. The first-order chi connectivity index (χ1) is 9.54. The average molecular weight is 278 g/mol. The molecule has 1 N–H and O–H groups in total. The third kappa shape index (κ3) is 3.14. The van der Waals surface area contributed by atoms with Crippen LogP contribution >= 0.6 is 0 Å². The predicted octanol–water partition coefficient (Wildman–Crippen LogP) is 3.98. The molecule has 1 aromatic carbocycles. The second-order valence-corrected chi connectivity index (χ2v) is 6.20. The summed E-state index contributed by atoms with van der Waals surface area (Å²) in [6.07, 6.45) is 1.17. The maximum Gasteiger partial charge on any atom is 0.146 e. The molecule has 1 saturated heterocycles. The molecule has 0 radical (unpaired) electrons. The van der Waals surface area contributed by atoms with E-state index in [1.54, 1.807) is 6.07 Å². The maximum absolute atomic E-state index is 14.4. The van der Waals surface area contributed by atoms with Gasteiger partial charge < -0.3 is 10.2 Å². The van der Waals surface area contributed by atoms with E-state index in [1.165, 1.54) is 6.42 Å². The summed E-state index contributed by atoms with van der Waals surface area (Å²) in [6, 6.07) is 5.64. The van der Waals surface area contributed by atoms with Crippen molar-refractivity contribution in [2.75, 3.05) is 24.5 Å². The highest BCUT2D eigenvalue weighted by molar-refractivity contribution is 5.57. The van der Waals surface area contributed by atoms with Gasteiger partial charge in [-0.15, -0.1) is 0 Å². The molecule has 1 aliphatic rings. The van der Waals surface area contributed by atoms with Crippen LogP contribution in [-0.4, -0.2) is 19.6 Å². The zero-order valence-corrected chi connectivity index (χ0v) is 13.1. The minimum Gasteiger partial charge on any atom is -0.369 e. The zero-order valence-electron chi connectivity index (χ0n) is 13.1. The minimum absolute atomic E-state index is 0.0864. The lowest BCUT2D eigenvalue weighted by molar-refractivity contribution is 0.422. The summed E-state index contributed by atoms with van der Waals surface area (Å²) in [5, 5.41) is 3.39.